The van der Waals surface area contributed by atoms with Crippen LogP contribution in [0, 0.1) is 6.92 Å². The van der Waals surface area contributed by atoms with Gasteiger partial charge in [0.15, 0.2) is 0 Å². The van der Waals surface area contributed by atoms with Crippen molar-refractivity contribution in [1.82, 2.24) is 15.4 Å². The summed E-state index contributed by atoms with van der Waals surface area (Å²) in [5, 5.41) is 6.64. The fourth-order valence-corrected chi connectivity index (χ4v) is 2.08. The summed E-state index contributed by atoms with van der Waals surface area (Å²) in [5.74, 6) is 0.962. The Morgan fingerprint density at radius 3 is 3.12 bits per heavy atom. The van der Waals surface area contributed by atoms with Gasteiger partial charge < -0.3 is 9.84 Å². The van der Waals surface area contributed by atoms with Crippen molar-refractivity contribution >= 4 is 5.91 Å². The third-order valence-electron chi connectivity index (χ3n) is 3.05. The molecule has 1 saturated heterocycles. The first-order valence-corrected chi connectivity index (χ1v) is 5.64. The first-order chi connectivity index (χ1) is 7.72. The monoisotopic (exact) mass is 223 g/mol. The fourth-order valence-electron chi connectivity index (χ4n) is 2.08. The Balaban J connectivity index is 2.08. The zero-order chi connectivity index (χ0) is 11.5. The highest BCUT2D eigenvalue weighted by Gasteiger charge is 2.28. The molecular formula is C11H17N3O2. The number of rotatable bonds is 3. The third kappa shape index (κ3) is 2.09. The van der Waals surface area contributed by atoms with Gasteiger partial charge in [0.05, 0.1) is 12.2 Å². The SMILES string of the molecule is CCC1C(=O)NCCN1Cc1cnoc1C. The average molecular weight is 223 g/mol. The molecule has 1 aliphatic heterocycles. The normalized spacial score (nSPS) is 22.1. The Bertz CT molecular complexity index is 375. The lowest BCUT2D eigenvalue weighted by molar-refractivity contribution is -0.129. The molecule has 88 valence electrons. The van der Waals surface area contributed by atoms with Crippen LogP contribution in [0.3, 0.4) is 0 Å². The molecule has 1 N–H and O–H groups in total. The van der Waals surface area contributed by atoms with E-state index in [0.717, 1.165) is 37.4 Å². The van der Waals surface area contributed by atoms with E-state index in [1.807, 2.05) is 13.8 Å². The van der Waals surface area contributed by atoms with Crippen molar-refractivity contribution in [2.45, 2.75) is 32.9 Å². The molecule has 1 atom stereocenters. The lowest BCUT2D eigenvalue weighted by Crippen LogP contribution is -2.54. The minimum atomic E-state index is -0.0250. The molecule has 2 rings (SSSR count). The number of aryl methyl sites for hydroxylation is 1. The van der Waals surface area contributed by atoms with E-state index in [9.17, 15) is 4.79 Å². The van der Waals surface area contributed by atoms with Crippen molar-refractivity contribution in [3.05, 3.63) is 17.5 Å². The predicted octanol–water partition coefficient (Wildman–Crippen LogP) is 0.693. The Kier molecular flexibility index (Phi) is 3.24. The van der Waals surface area contributed by atoms with Crippen LogP contribution in [0.2, 0.25) is 0 Å². The van der Waals surface area contributed by atoms with E-state index < -0.39 is 0 Å². The number of carbonyl (C=O) groups is 1. The molecule has 0 aromatic carbocycles. The summed E-state index contributed by atoms with van der Waals surface area (Å²) in [4.78, 5) is 13.8. The van der Waals surface area contributed by atoms with Crippen LogP contribution in [-0.4, -0.2) is 35.1 Å². The van der Waals surface area contributed by atoms with Crippen LogP contribution in [0.25, 0.3) is 0 Å². The summed E-state index contributed by atoms with van der Waals surface area (Å²) >= 11 is 0. The summed E-state index contributed by atoms with van der Waals surface area (Å²) < 4.78 is 5.02. The maximum atomic E-state index is 11.7. The van der Waals surface area contributed by atoms with E-state index in [0.29, 0.717) is 0 Å². The fraction of sp³-hybridized carbons (Fsp3) is 0.636. The molecule has 16 heavy (non-hydrogen) atoms. The quantitative estimate of drug-likeness (QED) is 0.819. The molecule has 2 heterocycles. The number of amides is 1. The summed E-state index contributed by atoms with van der Waals surface area (Å²) in [6, 6.07) is -0.0250. The average Bonchev–Trinajstić information content (AvgIpc) is 2.65. The van der Waals surface area contributed by atoms with Crippen molar-refractivity contribution in [3.8, 4) is 0 Å². The number of nitrogens with one attached hydrogen (secondary N) is 1. The van der Waals surface area contributed by atoms with Gasteiger partial charge >= 0.3 is 0 Å². The van der Waals surface area contributed by atoms with Gasteiger partial charge in [0.1, 0.15) is 5.76 Å². The number of nitrogens with zero attached hydrogens (tertiary/aromatic N) is 2. The molecule has 0 radical (unpaired) electrons. The minimum Gasteiger partial charge on any atom is -0.361 e. The number of piperazine rings is 1. The first kappa shape index (κ1) is 11.1. The second-order valence-corrected chi connectivity index (χ2v) is 4.09. The van der Waals surface area contributed by atoms with Gasteiger partial charge in [-0.25, -0.2) is 0 Å². The molecule has 0 saturated carbocycles. The molecular weight excluding hydrogens is 206 g/mol. The summed E-state index contributed by atoms with van der Waals surface area (Å²) in [6.45, 7) is 6.27. The maximum absolute atomic E-state index is 11.7. The first-order valence-electron chi connectivity index (χ1n) is 5.64. The highest BCUT2D eigenvalue weighted by atomic mass is 16.5. The molecule has 0 aliphatic carbocycles. The van der Waals surface area contributed by atoms with Crippen molar-refractivity contribution in [3.63, 3.8) is 0 Å². The van der Waals surface area contributed by atoms with Gasteiger partial charge in [-0.15, -0.1) is 0 Å². The van der Waals surface area contributed by atoms with E-state index in [-0.39, 0.29) is 11.9 Å². The summed E-state index contributed by atoms with van der Waals surface area (Å²) in [7, 11) is 0. The second kappa shape index (κ2) is 4.65. The molecule has 1 amide bonds. The van der Waals surface area contributed by atoms with Gasteiger partial charge in [0.25, 0.3) is 0 Å². The summed E-state index contributed by atoms with van der Waals surface area (Å²) in [6.07, 6.45) is 2.56. The van der Waals surface area contributed by atoms with E-state index in [1.54, 1.807) is 6.20 Å². The molecule has 5 heteroatoms. The molecule has 0 spiro atoms. The number of carbonyl (C=O) groups excluding carboxylic acids is 1. The van der Waals surface area contributed by atoms with Crippen LogP contribution >= 0.6 is 0 Å². The molecule has 1 unspecified atom stereocenters. The van der Waals surface area contributed by atoms with Crippen molar-refractivity contribution < 1.29 is 9.32 Å². The highest BCUT2D eigenvalue weighted by Crippen LogP contribution is 2.15. The van der Waals surface area contributed by atoms with Gasteiger partial charge in [0, 0.05) is 25.2 Å². The third-order valence-corrected chi connectivity index (χ3v) is 3.05. The van der Waals surface area contributed by atoms with Crippen LogP contribution in [0.15, 0.2) is 10.7 Å². The van der Waals surface area contributed by atoms with Crippen molar-refractivity contribution in [2.24, 2.45) is 0 Å². The molecule has 1 fully saturated rings. The van der Waals surface area contributed by atoms with E-state index in [2.05, 4.69) is 15.4 Å². The second-order valence-electron chi connectivity index (χ2n) is 4.09. The zero-order valence-electron chi connectivity index (χ0n) is 9.69. The largest absolute Gasteiger partial charge is 0.361 e. The van der Waals surface area contributed by atoms with Gasteiger partial charge in [0.2, 0.25) is 5.91 Å². The van der Waals surface area contributed by atoms with Crippen molar-refractivity contribution in [2.75, 3.05) is 13.1 Å². The maximum Gasteiger partial charge on any atom is 0.237 e. The van der Waals surface area contributed by atoms with Crippen LogP contribution in [0.1, 0.15) is 24.7 Å². The Morgan fingerprint density at radius 1 is 1.69 bits per heavy atom. The molecule has 0 bridgehead atoms. The van der Waals surface area contributed by atoms with Crippen LogP contribution in [-0.2, 0) is 11.3 Å². The number of hydrogen-bond acceptors (Lipinski definition) is 4. The molecule has 1 aliphatic rings. The summed E-state index contributed by atoms with van der Waals surface area (Å²) in [5.41, 5.74) is 1.06. The smallest absolute Gasteiger partial charge is 0.237 e. The highest BCUT2D eigenvalue weighted by molar-refractivity contribution is 5.82. The van der Waals surface area contributed by atoms with Gasteiger partial charge in [-0.3, -0.25) is 9.69 Å². The Hall–Kier alpha value is -1.36. The van der Waals surface area contributed by atoms with Gasteiger partial charge in [-0.05, 0) is 13.3 Å². The predicted molar refractivity (Wildman–Crippen MR) is 58.7 cm³/mol. The van der Waals surface area contributed by atoms with Crippen LogP contribution in [0.5, 0.6) is 0 Å². The van der Waals surface area contributed by atoms with Crippen LogP contribution < -0.4 is 5.32 Å². The van der Waals surface area contributed by atoms with Gasteiger partial charge in [-0.1, -0.05) is 12.1 Å². The van der Waals surface area contributed by atoms with Gasteiger partial charge in [-0.2, -0.15) is 0 Å². The standard InChI is InChI=1S/C11H17N3O2/c1-3-10-11(15)12-4-5-14(10)7-9-6-13-16-8(9)2/h6,10H,3-5,7H2,1-2H3,(H,12,15). The zero-order valence-corrected chi connectivity index (χ0v) is 9.69. The van der Waals surface area contributed by atoms with E-state index in [4.69, 9.17) is 4.52 Å². The van der Waals surface area contributed by atoms with E-state index in [1.165, 1.54) is 0 Å². The lowest BCUT2D eigenvalue weighted by atomic mass is 10.1. The van der Waals surface area contributed by atoms with E-state index >= 15 is 0 Å². The lowest BCUT2D eigenvalue weighted by Gasteiger charge is -2.34. The minimum absolute atomic E-state index is 0.0250. The van der Waals surface area contributed by atoms with Crippen molar-refractivity contribution in [1.29, 1.82) is 0 Å². The Labute approximate surface area is 94.8 Å². The van der Waals surface area contributed by atoms with Crippen LogP contribution in [0.4, 0.5) is 0 Å². The topological polar surface area (TPSA) is 58.4 Å². The number of hydrogen-bond donors (Lipinski definition) is 1. The molecule has 1 aromatic heterocycles. The molecule has 1 aromatic rings. The number of aromatic nitrogens is 1. The molecule has 5 nitrogen and oxygen atoms in total. The Morgan fingerprint density at radius 2 is 2.50 bits per heavy atom.